The lowest BCUT2D eigenvalue weighted by Gasteiger charge is -2.49. The van der Waals surface area contributed by atoms with Crippen LogP contribution < -0.4 is 15.0 Å². The summed E-state index contributed by atoms with van der Waals surface area (Å²) in [6, 6.07) is 6.25. The molecule has 39 heavy (non-hydrogen) atoms. The topological polar surface area (TPSA) is 99.8 Å². The van der Waals surface area contributed by atoms with Gasteiger partial charge in [0.05, 0.1) is 22.0 Å². The normalized spacial score (nSPS) is 19.5. The van der Waals surface area contributed by atoms with Gasteiger partial charge in [0.25, 0.3) is 0 Å². The highest BCUT2D eigenvalue weighted by molar-refractivity contribution is 6.33. The van der Waals surface area contributed by atoms with Crippen LogP contribution in [0.25, 0.3) is 22.6 Å². The van der Waals surface area contributed by atoms with Crippen molar-refractivity contribution in [3.63, 3.8) is 0 Å². The number of nitrogens with one attached hydrogen (secondary N) is 1. The zero-order chi connectivity index (χ0) is 27.3. The van der Waals surface area contributed by atoms with Gasteiger partial charge in [-0.15, -0.1) is 0 Å². The van der Waals surface area contributed by atoms with Crippen molar-refractivity contribution in [3.05, 3.63) is 40.2 Å². The third kappa shape index (κ3) is 5.13. The second kappa shape index (κ2) is 10.4. The second-order valence-corrected chi connectivity index (χ2v) is 11.9. The minimum absolute atomic E-state index is 0.167. The molecule has 10 heteroatoms. The standard InChI is InChI=1S/C29H37ClN6O3/c1-17-26(25-18(2)34-39-19(25)3)32-27(23-11-22(7-8-24(23)30)38-13-21(37)12-31-4)33-28(17)36-15-29(16-36)9-10-35(14-29)20-5-6-20/h7-8,11,20-21,31,37H,5-6,9-10,12-16H2,1-4H3/t21-/m1/s1. The van der Waals surface area contributed by atoms with Crippen LogP contribution in [0.3, 0.4) is 0 Å². The molecule has 3 aliphatic rings. The Morgan fingerprint density at radius 2 is 2.00 bits per heavy atom. The van der Waals surface area contributed by atoms with Crippen molar-refractivity contribution in [2.45, 2.75) is 52.2 Å². The third-order valence-corrected chi connectivity index (χ3v) is 8.66. The summed E-state index contributed by atoms with van der Waals surface area (Å²) < 4.78 is 11.4. The largest absolute Gasteiger partial charge is 0.491 e. The van der Waals surface area contributed by atoms with Gasteiger partial charge in [-0.2, -0.15) is 0 Å². The van der Waals surface area contributed by atoms with E-state index in [-0.39, 0.29) is 6.61 Å². The number of aromatic nitrogens is 3. The van der Waals surface area contributed by atoms with E-state index in [2.05, 4.69) is 27.2 Å². The fourth-order valence-electron chi connectivity index (χ4n) is 6.14. The maximum absolute atomic E-state index is 10.1. The van der Waals surface area contributed by atoms with E-state index in [1.54, 1.807) is 19.2 Å². The molecule has 208 valence electrons. The molecule has 2 aromatic heterocycles. The van der Waals surface area contributed by atoms with Crippen LogP contribution in [-0.4, -0.2) is 83.7 Å². The van der Waals surface area contributed by atoms with Gasteiger partial charge in [0.1, 0.15) is 30.0 Å². The molecule has 0 bridgehead atoms. The number of aliphatic hydroxyl groups is 1. The molecule has 1 spiro atoms. The average molecular weight is 553 g/mol. The Balaban J connectivity index is 1.35. The first kappa shape index (κ1) is 26.5. The van der Waals surface area contributed by atoms with E-state index >= 15 is 0 Å². The zero-order valence-electron chi connectivity index (χ0n) is 23.1. The van der Waals surface area contributed by atoms with Crippen LogP contribution >= 0.6 is 11.6 Å². The molecule has 1 atom stereocenters. The van der Waals surface area contributed by atoms with E-state index in [0.717, 1.165) is 53.2 Å². The van der Waals surface area contributed by atoms with Gasteiger partial charge in [-0.3, -0.25) is 4.90 Å². The Bertz CT molecular complexity index is 1350. The summed E-state index contributed by atoms with van der Waals surface area (Å²) >= 11 is 6.71. The SMILES string of the molecule is CNC[C@@H](O)COc1ccc(Cl)c(-c2nc(-c3c(C)noc3C)c(C)c(N3CC4(CCN(C5CC5)C4)C3)n2)c1. The quantitative estimate of drug-likeness (QED) is 0.408. The van der Waals surface area contributed by atoms with Crippen LogP contribution in [0.2, 0.25) is 5.02 Å². The number of aryl methyl sites for hydroxylation is 2. The number of anilines is 1. The van der Waals surface area contributed by atoms with E-state index < -0.39 is 6.10 Å². The fraction of sp³-hybridized carbons (Fsp3) is 0.552. The summed E-state index contributed by atoms with van der Waals surface area (Å²) in [5.74, 6) is 2.79. The summed E-state index contributed by atoms with van der Waals surface area (Å²) in [7, 11) is 1.79. The highest BCUT2D eigenvalue weighted by Crippen LogP contribution is 2.46. The lowest BCUT2D eigenvalue weighted by molar-refractivity contribution is 0.108. The number of likely N-dealkylation sites (N-methyl/N-ethyl adjacent to an activating group) is 1. The Hall–Kier alpha value is -2.72. The van der Waals surface area contributed by atoms with E-state index in [9.17, 15) is 5.11 Å². The van der Waals surface area contributed by atoms with Gasteiger partial charge in [0.2, 0.25) is 0 Å². The molecule has 9 nitrogen and oxygen atoms in total. The van der Waals surface area contributed by atoms with Crippen molar-refractivity contribution in [2.24, 2.45) is 5.41 Å². The second-order valence-electron chi connectivity index (χ2n) is 11.5. The van der Waals surface area contributed by atoms with Crippen LogP contribution in [0.15, 0.2) is 22.7 Å². The first-order chi connectivity index (χ1) is 18.8. The van der Waals surface area contributed by atoms with E-state index in [1.807, 2.05) is 19.9 Å². The van der Waals surface area contributed by atoms with Gasteiger partial charge in [-0.25, -0.2) is 9.97 Å². The third-order valence-electron chi connectivity index (χ3n) is 8.33. The summed E-state index contributed by atoms with van der Waals surface area (Å²) in [4.78, 5) is 15.2. The van der Waals surface area contributed by atoms with Crippen LogP contribution in [0, 0.1) is 26.2 Å². The van der Waals surface area contributed by atoms with Crippen molar-refractivity contribution >= 4 is 17.4 Å². The van der Waals surface area contributed by atoms with E-state index in [4.69, 9.17) is 30.8 Å². The molecule has 3 aromatic rings. The van der Waals surface area contributed by atoms with Crippen molar-refractivity contribution in [1.82, 2.24) is 25.3 Å². The number of likely N-dealkylation sites (tertiary alicyclic amines) is 1. The molecule has 1 aromatic carbocycles. The van der Waals surface area contributed by atoms with Crippen LogP contribution in [0.5, 0.6) is 5.75 Å². The maximum Gasteiger partial charge on any atom is 0.163 e. The Labute approximate surface area is 234 Å². The number of halogens is 1. The van der Waals surface area contributed by atoms with Gasteiger partial charge in [-0.1, -0.05) is 16.8 Å². The number of rotatable bonds is 9. The molecule has 0 radical (unpaired) electrons. The number of ether oxygens (including phenoxy) is 1. The van der Waals surface area contributed by atoms with Crippen LogP contribution in [-0.2, 0) is 0 Å². The summed E-state index contributed by atoms with van der Waals surface area (Å²) in [5, 5.41) is 17.8. The zero-order valence-corrected chi connectivity index (χ0v) is 23.9. The number of aliphatic hydroxyl groups excluding tert-OH is 1. The molecule has 2 saturated heterocycles. The molecule has 1 saturated carbocycles. The molecule has 4 heterocycles. The van der Waals surface area contributed by atoms with Gasteiger partial charge in [-0.05, 0) is 71.8 Å². The molecule has 0 amide bonds. The van der Waals surface area contributed by atoms with Crippen LogP contribution in [0.4, 0.5) is 5.82 Å². The van der Waals surface area contributed by atoms with Crippen LogP contribution in [0.1, 0.15) is 36.3 Å². The summed E-state index contributed by atoms with van der Waals surface area (Å²) in [6.07, 6.45) is 3.34. The average Bonchev–Trinajstić information content (AvgIpc) is 3.56. The van der Waals surface area contributed by atoms with Gasteiger partial charge in [0, 0.05) is 48.8 Å². The Kier molecular flexibility index (Phi) is 7.03. The predicted molar refractivity (Wildman–Crippen MR) is 151 cm³/mol. The molecular weight excluding hydrogens is 516 g/mol. The molecule has 2 aliphatic heterocycles. The number of benzene rings is 1. The van der Waals surface area contributed by atoms with Gasteiger partial charge in [0.15, 0.2) is 5.82 Å². The lowest BCUT2D eigenvalue weighted by Crippen LogP contribution is -2.58. The molecule has 3 fully saturated rings. The summed E-state index contributed by atoms with van der Waals surface area (Å²) in [5.41, 5.74) is 4.55. The number of nitrogens with zero attached hydrogens (tertiary/aromatic N) is 5. The van der Waals surface area contributed by atoms with E-state index in [0.29, 0.717) is 34.1 Å². The molecule has 2 N–H and O–H groups in total. The monoisotopic (exact) mass is 552 g/mol. The van der Waals surface area contributed by atoms with Crippen molar-refractivity contribution in [2.75, 3.05) is 51.3 Å². The Morgan fingerprint density at radius 1 is 1.21 bits per heavy atom. The van der Waals surface area contributed by atoms with Crippen molar-refractivity contribution in [3.8, 4) is 28.4 Å². The highest BCUT2D eigenvalue weighted by Gasteiger charge is 2.51. The smallest absolute Gasteiger partial charge is 0.163 e. The molecule has 0 unspecified atom stereocenters. The summed E-state index contributed by atoms with van der Waals surface area (Å²) in [6.45, 7) is 10.9. The lowest BCUT2D eigenvalue weighted by atomic mass is 9.79. The van der Waals surface area contributed by atoms with Gasteiger partial charge >= 0.3 is 0 Å². The molecular formula is C29H37ClN6O3. The number of hydrogen-bond acceptors (Lipinski definition) is 9. The first-order valence-corrected chi connectivity index (χ1v) is 14.2. The predicted octanol–water partition coefficient (Wildman–Crippen LogP) is 4.01. The Morgan fingerprint density at radius 3 is 2.69 bits per heavy atom. The first-order valence-electron chi connectivity index (χ1n) is 13.8. The van der Waals surface area contributed by atoms with E-state index in [1.165, 1.54) is 32.4 Å². The minimum atomic E-state index is -0.618. The van der Waals surface area contributed by atoms with Gasteiger partial charge < -0.3 is 24.6 Å². The number of hydrogen-bond donors (Lipinski definition) is 2. The minimum Gasteiger partial charge on any atom is -0.491 e. The molecule has 6 rings (SSSR count). The fourth-order valence-corrected chi connectivity index (χ4v) is 6.34. The molecule has 1 aliphatic carbocycles. The maximum atomic E-state index is 10.1. The highest BCUT2D eigenvalue weighted by atomic mass is 35.5. The van der Waals surface area contributed by atoms with Crippen molar-refractivity contribution in [1.29, 1.82) is 0 Å². The van der Waals surface area contributed by atoms with Crippen molar-refractivity contribution < 1.29 is 14.4 Å².